The van der Waals surface area contributed by atoms with Crippen molar-refractivity contribution >= 4 is 11.6 Å². The molecule has 3 heteroatoms. The average Bonchev–Trinajstić information content (AvgIpc) is 2.42. The monoisotopic (exact) mass is 283 g/mol. The summed E-state index contributed by atoms with van der Waals surface area (Å²) >= 11 is 6.01. The number of halogens is 1. The number of unbranched alkanes of at least 4 members (excludes halogenated alkanes) is 7. The minimum absolute atomic E-state index is 0.449. The molecule has 0 saturated heterocycles. The summed E-state index contributed by atoms with van der Waals surface area (Å²) in [6.45, 7) is 2.24. The molecule has 0 saturated carbocycles. The van der Waals surface area contributed by atoms with Gasteiger partial charge in [-0.05, 0) is 12.5 Å². The Morgan fingerprint density at radius 2 is 1.74 bits per heavy atom. The molecule has 0 aliphatic carbocycles. The van der Waals surface area contributed by atoms with Gasteiger partial charge in [-0.2, -0.15) is 0 Å². The second-order valence-electron chi connectivity index (χ2n) is 5.18. The fourth-order valence-corrected chi connectivity index (χ4v) is 2.53. The summed E-state index contributed by atoms with van der Waals surface area (Å²) in [4.78, 5) is 3.93. The summed E-state index contributed by atoms with van der Waals surface area (Å²) in [6.07, 6.45) is 13.9. The molecule has 1 aromatic rings. The van der Waals surface area contributed by atoms with Crippen LogP contribution >= 0.6 is 11.6 Å². The SMILES string of the molecule is CCCCCCCCCCC(O)c1ccncc1Cl. The van der Waals surface area contributed by atoms with E-state index in [0.717, 1.165) is 18.4 Å². The highest BCUT2D eigenvalue weighted by Gasteiger charge is 2.10. The third kappa shape index (κ3) is 6.93. The van der Waals surface area contributed by atoms with Crippen LogP contribution in [-0.2, 0) is 0 Å². The van der Waals surface area contributed by atoms with E-state index in [1.165, 1.54) is 44.9 Å². The molecule has 0 aliphatic heterocycles. The predicted molar refractivity (Wildman–Crippen MR) is 81.4 cm³/mol. The quantitative estimate of drug-likeness (QED) is 0.591. The van der Waals surface area contributed by atoms with Crippen LogP contribution in [0.4, 0.5) is 0 Å². The van der Waals surface area contributed by atoms with Gasteiger partial charge < -0.3 is 5.11 Å². The first-order valence-corrected chi connectivity index (χ1v) is 7.91. The Labute approximate surface area is 122 Å². The van der Waals surface area contributed by atoms with Crippen molar-refractivity contribution in [3.05, 3.63) is 29.0 Å². The Kier molecular flexibility index (Phi) is 8.85. The molecule has 1 aromatic heterocycles. The van der Waals surface area contributed by atoms with Crippen molar-refractivity contribution in [1.82, 2.24) is 4.98 Å². The van der Waals surface area contributed by atoms with Crippen LogP contribution in [0.5, 0.6) is 0 Å². The third-order valence-electron chi connectivity index (χ3n) is 3.49. The Hall–Kier alpha value is -0.600. The molecule has 0 spiro atoms. The van der Waals surface area contributed by atoms with Gasteiger partial charge in [-0.15, -0.1) is 0 Å². The molecule has 1 unspecified atom stereocenters. The van der Waals surface area contributed by atoms with Crippen LogP contribution in [0.2, 0.25) is 5.02 Å². The van der Waals surface area contributed by atoms with Gasteiger partial charge in [0.2, 0.25) is 0 Å². The molecule has 1 N–H and O–H groups in total. The van der Waals surface area contributed by atoms with E-state index in [2.05, 4.69) is 11.9 Å². The molecular formula is C16H26ClNO. The molecule has 19 heavy (non-hydrogen) atoms. The molecule has 1 heterocycles. The first-order chi connectivity index (χ1) is 9.25. The molecule has 0 fully saturated rings. The minimum Gasteiger partial charge on any atom is -0.388 e. The van der Waals surface area contributed by atoms with Crippen molar-refractivity contribution in [2.24, 2.45) is 0 Å². The van der Waals surface area contributed by atoms with Crippen LogP contribution in [0, 0.1) is 0 Å². The number of aliphatic hydroxyl groups is 1. The molecule has 0 aromatic carbocycles. The first kappa shape index (κ1) is 16.5. The van der Waals surface area contributed by atoms with E-state index in [9.17, 15) is 5.11 Å². The number of rotatable bonds is 10. The third-order valence-corrected chi connectivity index (χ3v) is 3.81. The van der Waals surface area contributed by atoms with Crippen molar-refractivity contribution in [1.29, 1.82) is 0 Å². The molecule has 0 bridgehead atoms. The summed E-state index contributed by atoms with van der Waals surface area (Å²) in [5, 5.41) is 10.6. The molecular weight excluding hydrogens is 258 g/mol. The van der Waals surface area contributed by atoms with Gasteiger partial charge in [-0.1, -0.05) is 69.9 Å². The maximum absolute atomic E-state index is 10.1. The normalized spacial score (nSPS) is 12.6. The number of aliphatic hydroxyl groups excluding tert-OH is 1. The summed E-state index contributed by atoms with van der Waals surface area (Å²) in [5.74, 6) is 0. The summed E-state index contributed by atoms with van der Waals surface area (Å²) < 4.78 is 0. The second-order valence-corrected chi connectivity index (χ2v) is 5.58. The largest absolute Gasteiger partial charge is 0.388 e. The lowest BCUT2D eigenvalue weighted by Gasteiger charge is -2.11. The van der Waals surface area contributed by atoms with E-state index < -0.39 is 6.10 Å². The molecule has 0 aliphatic rings. The highest BCUT2D eigenvalue weighted by molar-refractivity contribution is 6.31. The zero-order valence-electron chi connectivity index (χ0n) is 11.9. The lowest BCUT2D eigenvalue weighted by atomic mass is 10.0. The van der Waals surface area contributed by atoms with E-state index in [0.29, 0.717) is 5.02 Å². The van der Waals surface area contributed by atoms with Crippen LogP contribution < -0.4 is 0 Å². The summed E-state index contributed by atoms with van der Waals surface area (Å²) in [6, 6.07) is 1.80. The van der Waals surface area contributed by atoms with Crippen molar-refractivity contribution in [2.45, 2.75) is 70.8 Å². The van der Waals surface area contributed by atoms with Crippen molar-refractivity contribution in [2.75, 3.05) is 0 Å². The number of aromatic nitrogens is 1. The maximum Gasteiger partial charge on any atom is 0.0805 e. The minimum atomic E-state index is -0.449. The van der Waals surface area contributed by atoms with E-state index >= 15 is 0 Å². The lowest BCUT2D eigenvalue weighted by Crippen LogP contribution is -1.98. The standard InChI is InChI=1S/C16H26ClNO/c1-2-3-4-5-6-7-8-9-10-16(19)14-11-12-18-13-15(14)17/h11-13,16,19H,2-10H2,1H3. The van der Waals surface area contributed by atoms with E-state index in [-0.39, 0.29) is 0 Å². The first-order valence-electron chi connectivity index (χ1n) is 7.53. The Morgan fingerprint density at radius 1 is 1.11 bits per heavy atom. The van der Waals surface area contributed by atoms with E-state index in [1.807, 2.05) is 0 Å². The van der Waals surface area contributed by atoms with Gasteiger partial charge in [0.25, 0.3) is 0 Å². The van der Waals surface area contributed by atoms with Crippen LogP contribution in [0.1, 0.15) is 76.4 Å². The molecule has 0 radical (unpaired) electrons. The molecule has 1 atom stereocenters. The van der Waals surface area contributed by atoms with Gasteiger partial charge in [0, 0.05) is 18.0 Å². The van der Waals surface area contributed by atoms with Crippen molar-refractivity contribution < 1.29 is 5.11 Å². The van der Waals surface area contributed by atoms with Gasteiger partial charge >= 0.3 is 0 Å². The fraction of sp³-hybridized carbons (Fsp3) is 0.688. The van der Waals surface area contributed by atoms with Crippen LogP contribution in [0.3, 0.4) is 0 Å². The molecule has 1 rings (SSSR count). The number of nitrogens with zero attached hydrogens (tertiary/aromatic N) is 1. The fourth-order valence-electron chi connectivity index (χ4n) is 2.28. The van der Waals surface area contributed by atoms with Gasteiger partial charge in [0.15, 0.2) is 0 Å². The topological polar surface area (TPSA) is 33.1 Å². The average molecular weight is 284 g/mol. The lowest BCUT2D eigenvalue weighted by molar-refractivity contribution is 0.163. The number of hydrogen-bond acceptors (Lipinski definition) is 2. The Bertz CT molecular complexity index is 343. The van der Waals surface area contributed by atoms with Crippen LogP contribution in [-0.4, -0.2) is 10.1 Å². The van der Waals surface area contributed by atoms with Gasteiger partial charge in [-0.25, -0.2) is 0 Å². The van der Waals surface area contributed by atoms with Crippen LogP contribution in [0.15, 0.2) is 18.5 Å². The van der Waals surface area contributed by atoms with Crippen LogP contribution in [0.25, 0.3) is 0 Å². The smallest absolute Gasteiger partial charge is 0.0805 e. The maximum atomic E-state index is 10.1. The van der Waals surface area contributed by atoms with E-state index in [4.69, 9.17) is 11.6 Å². The molecule has 2 nitrogen and oxygen atoms in total. The van der Waals surface area contributed by atoms with Crippen molar-refractivity contribution in [3.8, 4) is 0 Å². The van der Waals surface area contributed by atoms with Crippen molar-refractivity contribution in [3.63, 3.8) is 0 Å². The van der Waals surface area contributed by atoms with Gasteiger partial charge in [0.1, 0.15) is 0 Å². The summed E-state index contributed by atoms with van der Waals surface area (Å²) in [7, 11) is 0. The zero-order valence-corrected chi connectivity index (χ0v) is 12.7. The molecule has 0 amide bonds. The van der Waals surface area contributed by atoms with E-state index in [1.54, 1.807) is 18.5 Å². The predicted octanol–water partition coefficient (Wildman–Crippen LogP) is 5.30. The number of hydrogen-bond donors (Lipinski definition) is 1. The highest BCUT2D eigenvalue weighted by atomic mass is 35.5. The molecule has 108 valence electrons. The second kappa shape index (κ2) is 10.2. The van der Waals surface area contributed by atoms with Gasteiger partial charge in [0.05, 0.1) is 11.1 Å². The summed E-state index contributed by atoms with van der Waals surface area (Å²) in [5.41, 5.74) is 0.805. The highest BCUT2D eigenvalue weighted by Crippen LogP contribution is 2.25. The zero-order chi connectivity index (χ0) is 13.9. The Morgan fingerprint density at radius 3 is 2.37 bits per heavy atom. The number of pyridine rings is 1. The van der Waals surface area contributed by atoms with Gasteiger partial charge in [-0.3, -0.25) is 4.98 Å². The Balaban J connectivity index is 2.08.